The number of nitrogens with zero attached hydrogens (tertiary/aromatic N) is 1. The number of para-hydroxylation sites is 1. The van der Waals surface area contributed by atoms with Gasteiger partial charge in [-0.1, -0.05) is 66.0 Å². The van der Waals surface area contributed by atoms with E-state index in [9.17, 15) is 13.2 Å². The smallest absolute Gasteiger partial charge is 0.243 e. The zero-order valence-electron chi connectivity index (χ0n) is 18.1. The number of halogens is 3. The molecule has 0 saturated carbocycles. The molecule has 0 aliphatic carbocycles. The van der Waals surface area contributed by atoms with Crippen molar-refractivity contribution in [1.29, 1.82) is 0 Å². The third-order valence-electron chi connectivity index (χ3n) is 5.14. The van der Waals surface area contributed by atoms with E-state index in [0.29, 0.717) is 26.3 Å². The van der Waals surface area contributed by atoms with Gasteiger partial charge >= 0.3 is 0 Å². The van der Waals surface area contributed by atoms with Gasteiger partial charge in [-0.25, -0.2) is 8.42 Å². The molecule has 174 valence electrons. The molecule has 0 radical (unpaired) electrons. The summed E-state index contributed by atoms with van der Waals surface area (Å²) < 4.78 is 28.0. The van der Waals surface area contributed by atoms with Gasteiger partial charge in [0.05, 0.1) is 11.4 Å². The molecule has 0 atom stereocenters. The first kappa shape index (κ1) is 25.5. The van der Waals surface area contributed by atoms with E-state index in [1.807, 2.05) is 32.0 Å². The Morgan fingerprint density at radius 1 is 0.939 bits per heavy atom. The van der Waals surface area contributed by atoms with Crippen LogP contribution in [0.5, 0.6) is 0 Å². The summed E-state index contributed by atoms with van der Waals surface area (Å²) in [6.07, 6.45) is 0.727. The molecule has 0 spiro atoms. The van der Waals surface area contributed by atoms with Gasteiger partial charge in [0.25, 0.3) is 0 Å². The molecule has 0 saturated heterocycles. The van der Waals surface area contributed by atoms with Crippen molar-refractivity contribution >= 4 is 56.4 Å². The lowest BCUT2D eigenvalue weighted by molar-refractivity contribution is -0.116. The molecule has 3 rings (SSSR count). The third kappa shape index (κ3) is 6.28. The summed E-state index contributed by atoms with van der Waals surface area (Å²) in [5, 5.41) is 4.03. The Bertz CT molecular complexity index is 1260. The second-order valence-electron chi connectivity index (χ2n) is 7.47. The fraction of sp³-hybridized carbons (Fsp3) is 0.208. The largest absolute Gasteiger partial charge is 0.324 e. The highest BCUT2D eigenvalue weighted by Gasteiger charge is 2.28. The lowest BCUT2D eigenvalue weighted by Crippen LogP contribution is -2.37. The minimum absolute atomic E-state index is 0.0231. The number of hydrogen-bond acceptors (Lipinski definition) is 3. The van der Waals surface area contributed by atoms with Crippen molar-refractivity contribution in [3.8, 4) is 0 Å². The normalized spacial score (nSPS) is 11.6. The van der Waals surface area contributed by atoms with Crippen LogP contribution < -0.4 is 5.32 Å². The minimum atomic E-state index is -4.03. The number of carbonyl (C=O) groups excluding carboxylic acids is 1. The first-order valence-electron chi connectivity index (χ1n) is 10.2. The molecule has 0 fully saturated rings. The summed E-state index contributed by atoms with van der Waals surface area (Å²) in [7, 11) is -4.03. The predicted octanol–water partition coefficient (Wildman–Crippen LogP) is 6.35. The van der Waals surface area contributed by atoms with Crippen molar-refractivity contribution in [2.75, 3.05) is 11.9 Å². The van der Waals surface area contributed by atoms with Crippen LogP contribution in [0.4, 0.5) is 5.69 Å². The average Bonchev–Trinajstić information content (AvgIpc) is 2.76. The molecule has 0 aromatic heterocycles. The van der Waals surface area contributed by atoms with Crippen LogP contribution in [0.1, 0.15) is 23.6 Å². The first-order valence-corrected chi connectivity index (χ1v) is 12.8. The van der Waals surface area contributed by atoms with Crippen LogP contribution in [-0.2, 0) is 27.8 Å². The zero-order chi connectivity index (χ0) is 24.2. The maximum absolute atomic E-state index is 13.4. The lowest BCUT2D eigenvalue weighted by atomic mass is 10.1. The highest BCUT2D eigenvalue weighted by molar-refractivity contribution is 7.89. The summed E-state index contributed by atoms with van der Waals surface area (Å²) in [5.74, 6) is -0.457. The number of anilines is 1. The SMILES string of the molecule is CCc1cccc(C)c1NC(=O)CN(Cc1ccc(Cl)cc1Cl)S(=O)(=O)c1ccc(Cl)cc1. The van der Waals surface area contributed by atoms with Crippen LogP contribution in [0.25, 0.3) is 0 Å². The molecule has 9 heteroatoms. The van der Waals surface area contributed by atoms with Crippen LogP contribution in [0, 0.1) is 6.92 Å². The van der Waals surface area contributed by atoms with Crippen molar-refractivity contribution in [3.05, 3.63) is 92.4 Å². The van der Waals surface area contributed by atoms with E-state index in [-0.39, 0.29) is 11.4 Å². The molecule has 33 heavy (non-hydrogen) atoms. The number of hydrogen-bond donors (Lipinski definition) is 1. The van der Waals surface area contributed by atoms with Crippen LogP contribution in [-0.4, -0.2) is 25.2 Å². The van der Waals surface area contributed by atoms with Gasteiger partial charge < -0.3 is 5.32 Å². The van der Waals surface area contributed by atoms with Crippen molar-refractivity contribution in [2.45, 2.75) is 31.7 Å². The van der Waals surface area contributed by atoms with Gasteiger partial charge in [0.1, 0.15) is 0 Å². The van der Waals surface area contributed by atoms with E-state index in [0.717, 1.165) is 21.9 Å². The Hall–Kier alpha value is -2.09. The number of aryl methyl sites for hydroxylation is 2. The topological polar surface area (TPSA) is 66.5 Å². The molecule has 0 bridgehead atoms. The van der Waals surface area contributed by atoms with E-state index in [1.54, 1.807) is 12.1 Å². The van der Waals surface area contributed by atoms with Crippen molar-refractivity contribution in [1.82, 2.24) is 4.31 Å². The predicted molar refractivity (Wildman–Crippen MR) is 135 cm³/mol. The molecule has 0 aliphatic rings. The fourth-order valence-electron chi connectivity index (χ4n) is 3.36. The molecule has 3 aromatic rings. The second kappa shape index (κ2) is 10.9. The summed E-state index contributed by atoms with van der Waals surface area (Å²) >= 11 is 18.2. The number of carbonyl (C=O) groups is 1. The molecule has 0 unspecified atom stereocenters. The van der Waals surface area contributed by atoms with Gasteiger partial charge in [0.2, 0.25) is 15.9 Å². The fourth-order valence-corrected chi connectivity index (χ4v) is 5.33. The third-order valence-corrected chi connectivity index (χ3v) is 7.78. The number of sulfonamides is 1. The van der Waals surface area contributed by atoms with Gasteiger partial charge in [-0.3, -0.25) is 4.79 Å². The van der Waals surface area contributed by atoms with Crippen molar-refractivity contribution in [3.63, 3.8) is 0 Å². The minimum Gasteiger partial charge on any atom is -0.324 e. The lowest BCUT2D eigenvalue weighted by Gasteiger charge is -2.23. The summed E-state index contributed by atoms with van der Waals surface area (Å²) in [6.45, 7) is 3.37. The Labute approximate surface area is 209 Å². The number of amides is 1. The Kier molecular flexibility index (Phi) is 8.43. The van der Waals surface area contributed by atoms with Gasteiger partial charge in [-0.15, -0.1) is 0 Å². The van der Waals surface area contributed by atoms with Gasteiger partial charge in [-0.2, -0.15) is 4.31 Å². The van der Waals surface area contributed by atoms with Gasteiger partial charge in [0, 0.05) is 27.3 Å². The van der Waals surface area contributed by atoms with Gasteiger partial charge in [0.15, 0.2) is 0 Å². The molecule has 0 heterocycles. The van der Waals surface area contributed by atoms with Crippen molar-refractivity contribution < 1.29 is 13.2 Å². The highest BCUT2D eigenvalue weighted by Crippen LogP contribution is 2.26. The Morgan fingerprint density at radius 3 is 2.24 bits per heavy atom. The molecule has 0 aliphatic heterocycles. The molecule has 5 nitrogen and oxygen atoms in total. The highest BCUT2D eigenvalue weighted by atomic mass is 35.5. The van der Waals surface area contributed by atoms with Crippen LogP contribution >= 0.6 is 34.8 Å². The number of benzene rings is 3. The van der Waals surface area contributed by atoms with E-state index >= 15 is 0 Å². The van der Waals surface area contributed by atoms with Gasteiger partial charge in [-0.05, 0) is 66.4 Å². The standard InChI is InChI=1S/C24H23Cl3N2O3S/c1-3-17-6-4-5-16(2)24(17)28-23(30)15-29(14-18-7-8-20(26)13-22(18)27)33(31,32)21-11-9-19(25)10-12-21/h4-13H,3,14-15H2,1-2H3,(H,28,30). The average molecular weight is 526 g/mol. The van der Waals surface area contributed by atoms with Crippen LogP contribution in [0.3, 0.4) is 0 Å². The number of rotatable bonds is 8. The second-order valence-corrected chi connectivity index (χ2v) is 10.7. The maximum Gasteiger partial charge on any atom is 0.243 e. The quantitative estimate of drug-likeness (QED) is 0.373. The Morgan fingerprint density at radius 2 is 1.61 bits per heavy atom. The monoisotopic (exact) mass is 524 g/mol. The summed E-state index contributed by atoms with van der Waals surface area (Å²) in [5.41, 5.74) is 3.08. The van der Waals surface area contributed by atoms with Crippen LogP contribution in [0.15, 0.2) is 65.6 Å². The molecular formula is C24H23Cl3N2O3S. The summed E-state index contributed by atoms with van der Waals surface area (Å²) in [4.78, 5) is 13.0. The van der Waals surface area contributed by atoms with E-state index < -0.39 is 22.5 Å². The molecule has 1 N–H and O–H groups in total. The maximum atomic E-state index is 13.4. The van der Waals surface area contributed by atoms with E-state index in [1.165, 1.54) is 30.3 Å². The number of nitrogens with one attached hydrogen (secondary N) is 1. The molecular weight excluding hydrogens is 503 g/mol. The molecule has 1 amide bonds. The Balaban J connectivity index is 1.94. The van der Waals surface area contributed by atoms with Crippen LogP contribution in [0.2, 0.25) is 15.1 Å². The van der Waals surface area contributed by atoms with E-state index in [4.69, 9.17) is 34.8 Å². The van der Waals surface area contributed by atoms with E-state index in [2.05, 4.69) is 5.32 Å². The van der Waals surface area contributed by atoms with Crippen molar-refractivity contribution in [2.24, 2.45) is 0 Å². The molecule has 3 aromatic carbocycles. The first-order chi connectivity index (χ1) is 15.6. The zero-order valence-corrected chi connectivity index (χ0v) is 21.2. The summed E-state index contributed by atoms with van der Waals surface area (Å²) in [6, 6.07) is 16.3.